The van der Waals surface area contributed by atoms with Gasteiger partial charge in [-0.2, -0.15) is 0 Å². The van der Waals surface area contributed by atoms with Crippen molar-refractivity contribution in [2.75, 3.05) is 0 Å². The third-order valence-corrected chi connectivity index (χ3v) is 18.5. The molecule has 0 radical (unpaired) electrons. The van der Waals surface area contributed by atoms with Crippen LogP contribution < -0.4 is 4.52 Å². The molecule has 1 aliphatic heterocycles. The molecule has 1 heterocycles. The molecule has 1 N–H and O–H groups in total. The summed E-state index contributed by atoms with van der Waals surface area (Å²) >= 11 is 0. The summed E-state index contributed by atoms with van der Waals surface area (Å²) in [6.45, 7) is 4.46. The molecule has 4 nitrogen and oxygen atoms in total. The van der Waals surface area contributed by atoms with Crippen molar-refractivity contribution in [2.45, 2.75) is 57.0 Å². The number of benzene rings is 12. The molecule has 75 heavy (non-hydrogen) atoms. The molecule has 0 fully saturated rings. The van der Waals surface area contributed by atoms with Crippen molar-refractivity contribution in [3.05, 3.63) is 246 Å². The van der Waals surface area contributed by atoms with E-state index in [0.717, 1.165) is 107 Å². The van der Waals surface area contributed by atoms with Crippen LogP contribution in [-0.4, -0.2) is 10.5 Å². The first-order valence-corrected chi connectivity index (χ1v) is 28.1. The lowest BCUT2D eigenvalue weighted by molar-refractivity contribution is 0.0152. The molecular weight excluding hydrogens is 936 g/mol. The third kappa shape index (κ3) is 6.86. The Morgan fingerprint density at radius 3 is 1.52 bits per heavy atom. The predicted molar refractivity (Wildman–Crippen MR) is 310 cm³/mol. The fraction of sp³-hybridized carbons (Fsp3) is 0.143. The summed E-state index contributed by atoms with van der Waals surface area (Å²) in [6.07, 6.45) is 3.36. The number of fused-ring (bicyclic) bond motifs is 13. The zero-order valence-corrected chi connectivity index (χ0v) is 42.8. The molecule has 5 heteroatoms. The van der Waals surface area contributed by atoms with E-state index in [1.165, 1.54) is 43.8 Å². The van der Waals surface area contributed by atoms with Gasteiger partial charge >= 0.3 is 7.82 Å². The summed E-state index contributed by atoms with van der Waals surface area (Å²) in [5.41, 5.74) is 12.1. The zero-order valence-electron chi connectivity index (χ0n) is 41.9. The van der Waals surface area contributed by atoms with Crippen molar-refractivity contribution in [3.63, 3.8) is 0 Å². The molecule has 4 unspecified atom stereocenters. The van der Waals surface area contributed by atoms with Crippen LogP contribution in [0.25, 0.3) is 98.0 Å². The number of rotatable bonds is 4. The molecule has 0 saturated heterocycles. The van der Waals surface area contributed by atoms with E-state index in [2.05, 4.69) is 226 Å². The van der Waals surface area contributed by atoms with Gasteiger partial charge in [0, 0.05) is 28.5 Å². The second-order valence-corrected chi connectivity index (χ2v) is 23.0. The average molecular weight is 989 g/mol. The van der Waals surface area contributed by atoms with Crippen LogP contribution in [0.4, 0.5) is 0 Å². The molecule has 12 aromatic carbocycles. The highest BCUT2D eigenvalue weighted by Crippen LogP contribution is 2.67. The summed E-state index contributed by atoms with van der Waals surface area (Å²) in [4.78, 5) is 12.8. The summed E-state index contributed by atoms with van der Waals surface area (Å²) < 4.78 is 29.7. The van der Waals surface area contributed by atoms with Gasteiger partial charge in [0.25, 0.3) is 0 Å². The van der Waals surface area contributed by atoms with E-state index in [4.69, 9.17) is 9.05 Å². The molecule has 0 amide bonds. The van der Waals surface area contributed by atoms with Gasteiger partial charge in [-0.15, -0.1) is 0 Å². The molecule has 0 spiro atoms. The van der Waals surface area contributed by atoms with E-state index < -0.39 is 19.3 Å². The standard InChI is InChI=1S/C70H53O4P/c1-42-31-32-48-40-61(65-56-27-13-9-23-52(56)63(53-24-10-14-28-57(53)65)49-35-33-43-17-3-5-19-45(43)38-49)69-67(60(48)37-42)68-51-22-8-7-21-47(51)41-62(70(68,2)74-75(71,72)73-69)66-58-29-15-11-25-54(58)64(55-26-12-16-30-59(55)66)50-36-34-44-18-4-6-20-46(44)39-50/h3-30,33-36,38-40,42,62,68H,31-32,37,41H2,1-2H3,(H,71,72)/t42?,62?,68-,70?/m0/s1. The second kappa shape index (κ2) is 16.8. The lowest BCUT2D eigenvalue weighted by atomic mass is 9.59. The SMILES string of the molecule is CC1CCc2cc(-c3c4ccccc4c(-c4ccc5ccccc5c4)c4ccccc34)c3c(c2C1)[C@@H]1c2ccccc2CC(c2c4ccccc4c(-c4ccc5ccccc5c4)c4ccccc24)C1(C)OP(=O)(O)O3. The first-order chi connectivity index (χ1) is 36.7. The number of phosphoric ester groups is 1. The minimum atomic E-state index is -4.89. The summed E-state index contributed by atoms with van der Waals surface area (Å²) in [5, 5.41) is 13.6. The van der Waals surface area contributed by atoms with E-state index >= 15 is 4.57 Å². The van der Waals surface area contributed by atoms with Gasteiger partial charge in [-0.05, 0) is 171 Å². The largest absolute Gasteiger partial charge is 0.528 e. The van der Waals surface area contributed by atoms with Crippen molar-refractivity contribution in [3.8, 4) is 39.1 Å². The van der Waals surface area contributed by atoms with E-state index in [-0.39, 0.29) is 5.92 Å². The molecule has 2 aliphatic carbocycles. The maximum absolute atomic E-state index is 15.6. The molecule has 5 atom stereocenters. The smallest absolute Gasteiger partial charge is 0.403 e. The maximum Gasteiger partial charge on any atom is 0.528 e. The van der Waals surface area contributed by atoms with Gasteiger partial charge < -0.3 is 4.52 Å². The number of aryl methyl sites for hydroxylation is 1. The van der Waals surface area contributed by atoms with Crippen molar-refractivity contribution in [1.29, 1.82) is 0 Å². The molecular formula is C70H53O4P. The summed E-state index contributed by atoms with van der Waals surface area (Å²) in [6, 6.07) is 76.6. The topological polar surface area (TPSA) is 55.8 Å². The Morgan fingerprint density at radius 1 is 0.493 bits per heavy atom. The van der Waals surface area contributed by atoms with Crippen LogP contribution in [0.5, 0.6) is 5.75 Å². The van der Waals surface area contributed by atoms with Gasteiger partial charge in [-0.1, -0.05) is 201 Å². The Balaban J connectivity index is 1.03. The first kappa shape index (κ1) is 44.6. The summed E-state index contributed by atoms with van der Waals surface area (Å²) in [5.74, 6) is -0.00234. The Bertz CT molecular complexity index is 4330. The van der Waals surface area contributed by atoms with Crippen LogP contribution in [0.15, 0.2) is 212 Å². The molecule has 3 aliphatic rings. The molecule has 0 aromatic heterocycles. The number of hydrogen-bond acceptors (Lipinski definition) is 3. The van der Waals surface area contributed by atoms with Gasteiger partial charge in [0.1, 0.15) is 5.75 Å². The van der Waals surface area contributed by atoms with Crippen molar-refractivity contribution in [2.24, 2.45) is 5.92 Å². The molecule has 362 valence electrons. The Morgan fingerprint density at radius 2 is 0.960 bits per heavy atom. The summed E-state index contributed by atoms with van der Waals surface area (Å²) in [7, 11) is -4.89. The molecule has 0 bridgehead atoms. The van der Waals surface area contributed by atoms with E-state index in [9.17, 15) is 4.89 Å². The maximum atomic E-state index is 15.6. The van der Waals surface area contributed by atoms with E-state index in [0.29, 0.717) is 18.1 Å². The van der Waals surface area contributed by atoms with Gasteiger partial charge in [0.05, 0.1) is 5.60 Å². The Hall–Kier alpha value is -7.85. The zero-order chi connectivity index (χ0) is 50.2. The Kier molecular flexibility index (Phi) is 10.0. The minimum absolute atomic E-state index is 0.379. The second-order valence-electron chi connectivity index (χ2n) is 21.7. The quantitative estimate of drug-likeness (QED) is 0.141. The van der Waals surface area contributed by atoms with Gasteiger partial charge in [-0.25, -0.2) is 4.57 Å². The third-order valence-electron chi connectivity index (χ3n) is 17.4. The van der Waals surface area contributed by atoms with Crippen LogP contribution in [0, 0.1) is 5.92 Å². The lowest BCUT2D eigenvalue weighted by Crippen LogP contribution is -2.46. The van der Waals surface area contributed by atoms with Crippen LogP contribution in [-0.2, 0) is 28.4 Å². The number of phosphoric acid groups is 1. The molecule has 15 rings (SSSR count). The highest BCUT2D eigenvalue weighted by Gasteiger charge is 2.57. The first-order valence-electron chi connectivity index (χ1n) is 26.6. The van der Waals surface area contributed by atoms with Crippen LogP contribution in [0.3, 0.4) is 0 Å². The number of hydrogen-bond donors (Lipinski definition) is 1. The van der Waals surface area contributed by atoms with Gasteiger partial charge in [0.2, 0.25) is 0 Å². The monoisotopic (exact) mass is 988 g/mol. The lowest BCUT2D eigenvalue weighted by Gasteiger charge is -2.48. The van der Waals surface area contributed by atoms with Crippen molar-refractivity contribution < 1.29 is 18.5 Å². The average Bonchev–Trinajstić information content (AvgIpc) is 3.60. The van der Waals surface area contributed by atoms with Crippen molar-refractivity contribution >= 4 is 72.5 Å². The van der Waals surface area contributed by atoms with E-state index in [1.807, 2.05) is 0 Å². The molecule has 12 aromatic rings. The van der Waals surface area contributed by atoms with Crippen LogP contribution in [0.2, 0.25) is 0 Å². The highest BCUT2D eigenvalue weighted by atomic mass is 31.2. The van der Waals surface area contributed by atoms with E-state index in [1.54, 1.807) is 0 Å². The van der Waals surface area contributed by atoms with Crippen LogP contribution >= 0.6 is 7.82 Å². The van der Waals surface area contributed by atoms with Crippen molar-refractivity contribution in [1.82, 2.24) is 0 Å². The highest BCUT2D eigenvalue weighted by molar-refractivity contribution is 7.48. The van der Waals surface area contributed by atoms with Gasteiger partial charge in [0.15, 0.2) is 0 Å². The fourth-order valence-electron chi connectivity index (χ4n) is 14.2. The predicted octanol–water partition coefficient (Wildman–Crippen LogP) is 18.5. The molecule has 0 saturated carbocycles. The fourth-order valence-corrected chi connectivity index (χ4v) is 15.4. The van der Waals surface area contributed by atoms with Crippen LogP contribution in [0.1, 0.15) is 65.5 Å². The minimum Gasteiger partial charge on any atom is -0.403 e. The normalized spacial score (nSPS) is 21.1. The Labute approximate surface area is 436 Å². The van der Waals surface area contributed by atoms with Gasteiger partial charge in [-0.3, -0.25) is 9.42 Å².